The maximum absolute atomic E-state index is 13.1. The first-order chi connectivity index (χ1) is 11.7. The molecule has 0 amide bonds. The zero-order chi connectivity index (χ0) is 16.7. The first-order valence-electron chi connectivity index (χ1n) is 7.89. The third-order valence-electron chi connectivity index (χ3n) is 4.57. The van der Waals surface area contributed by atoms with E-state index in [9.17, 15) is 4.79 Å². The molecule has 3 nitrogen and oxygen atoms in total. The summed E-state index contributed by atoms with van der Waals surface area (Å²) in [7, 11) is 1.98. The maximum Gasteiger partial charge on any atom is 0.200 e. The van der Waals surface area contributed by atoms with Gasteiger partial charge in [-0.2, -0.15) is 0 Å². The molecule has 0 bridgehead atoms. The van der Waals surface area contributed by atoms with E-state index in [0.29, 0.717) is 16.7 Å². The van der Waals surface area contributed by atoms with E-state index in [0.717, 1.165) is 22.3 Å². The van der Waals surface area contributed by atoms with Gasteiger partial charge in [0.05, 0.1) is 17.3 Å². The Labute approximate surface area is 139 Å². The summed E-state index contributed by atoms with van der Waals surface area (Å²) in [6.07, 6.45) is 1.60. The highest BCUT2D eigenvalue weighted by atomic mass is 16.3. The minimum atomic E-state index is 0.00771. The van der Waals surface area contributed by atoms with Gasteiger partial charge in [-0.3, -0.25) is 4.79 Å². The standard InChI is InChI=1S/C21H17NO2/c1-14-20(19-9-6-12-24-19)21(23)17-13-16(10-11-18(17)22(14)2)15-7-4-3-5-8-15/h3-13H,1-2H3. The summed E-state index contributed by atoms with van der Waals surface area (Å²) in [5.74, 6) is 0.611. The van der Waals surface area contributed by atoms with Crippen molar-refractivity contribution in [3.8, 4) is 22.5 Å². The van der Waals surface area contributed by atoms with Gasteiger partial charge in [-0.05, 0) is 42.3 Å². The topological polar surface area (TPSA) is 35.1 Å². The molecule has 0 N–H and O–H groups in total. The lowest BCUT2D eigenvalue weighted by molar-refractivity contribution is 0.580. The predicted octanol–water partition coefficient (Wildman–Crippen LogP) is 4.77. The zero-order valence-electron chi connectivity index (χ0n) is 13.6. The van der Waals surface area contributed by atoms with Gasteiger partial charge in [-0.25, -0.2) is 0 Å². The van der Waals surface area contributed by atoms with Gasteiger partial charge in [0.25, 0.3) is 0 Å². The summed E-state index contributed by atoms with van der Waals surface area (Å²) < 4.78 is 7.53. The number of furan rings is 1. The Hall–Kier alpha value is -3.07. The van der Waals surface area contributed by atoms with Crippen LogP contribution < -0.4 is 5.43 Å². The summed E-state index contributed by atoms with van der Waals surface area (Å²) in [6, 6.07) is 19.8. The Balaban J connectivity index is 2.05. The summed E-state index contributed by atoms with van der Waals surface area (Å²) in [5, 5.41) is 0.704. The fourth-order valence-corrected chi connectivity index (χ4v) is 3.18. The van der Waals surface area contributed by atoms with Crippen molar-refractivity contribution in [3.63, 3.8) is 0 Å². The molecule has 2 aromatic heterocycles. The largest absolute Gasteiger partial charge is 0.464 e. The Morgan fingerprint density at radius 1 is 0.917 bits per heavy atom. The number of nitrogens with zero attached hydrogens (tertiary/aromatic N) is 1. The average molecular weight is 315 g/mol. The highest BCUT2D eigenvalue weighted by molar-refractivity contribution is 5.88. The van der Waals surface area contributed by atoms with Crippen LogP contribution in [0.2, 0.25) is 0 Å². The quantitative estimate of drug-likeness (QED) is 0.534. The monoisotopic (exact) mass is 315 g/mol. The Morgan fingerprint density at radius 2 is 1.71 bits per heavy atom. The highest BCUT2D eigenvalue weighted by Crippen LogP contribution is 2.27. The van der Waals surface area contributed by atoms with Gasteiger partial charge in [0, 0.05) is 18.1 Å². The van der Waals surface area contributed by atoms with Gasteiger partial charge in [0.15, 0.2) is 0 Å². The first kappa shape index (κ1) is 14.5. The van der Waals surface area contributed by atoms with Gasteiger partial charge in [0.2, 0.25) is 5.43 Å². The Kier molecular flexibility index (Phi) is 3.35. The Morgan fingerprint density at radius 3 is 2.42 bits per heavy atom. The number of fused-ring (bicyclic) bond motifs is 1. The third kappa shape index (κ3) is 2.17. The minimum Gasteiger partial charge on any atom is -0.464 e. The smallest absolute Gasteiger partial charge is 0.200 e. The van der Waals surface area contributed by atoms with Gasteiger partial charge in [0.1, 0.15) is 5.76 Å². The van der Waals surface area contributed by atoms with E-state index in [1.807, 2.05) is 67.1 Å². The number of aryl methyl sites for hydroxylation is 1. The van der Waals surface area contributed by atoms with Crippen molar-refractivity contribution in [3.05, 3.63) is 82.8 Å². The number of pyridine rings is 1. The minimum absolute atomic E-state index is 0.00771. The average Bonchev–Trinajstić information content (AvgIpc) is 3.14. The van der Waals surface area contributed by atoms with Crippen LogP contribution in [0.3, 0.4) is 0 Å². The molecule has 0 fully saturated rings. The molecule has 0 unspecified atom stereocenters. The molecule has 118 valence electrons. The van der Waals surface area contributed by atoms with Crippen molar-refractivity contribution < 1.29 is 4.42 Å². The summed E-state index contributed by atoms with van der Waals surface area (Å²) in [4.78, 5) is 13.1. The summed E-state index contributed by atoms with van der Waals surface area (Å²) in [5.41, 5.74) is 4.59. The number of hydrogen-bond donors (Lipinski definition) is 0. The Bertz CT molecular complexity index is 1070. The number of rotatable bonds is 2. The first-order valence-corrected chi connectivity index (χ1v) is 7.89. The van der Waals surface area contributed by atoms with E-state index in [-0.39, 0.29) is 5.43 Å². The van der Waals surface area contributed by atoms with E-state index in [4.69, 9.17) is 4.42 Å². The van der Waals surface area contributed by atoms with Crippen molar-refractivity contribution in [1.82, 2.24) is 4.57 Å². The van der Waals surface area contributed by atoms with Gasteiger partial charge in [-0.1, -0.05) is 36.4 Å². The molecule has 0 aliphatic heterocycles. The molecule has 24 heavy (non-hydrogen) atoms. The lowest BCUT2D eigenvalue weighted by Gasteiger charge is -2.14. The fraction of sp³-hybridized carbons (Fsp3) is 0.0952. The van der Waals surface area contributed by atoms with Crippen LogP contribution in [0.25, 0.3) is 33.4 Å². The molecular formula is C21H17NO2. The van der Waals surface area contributed by atoms with Crippen LogP contribution in [0.15, 0.2) is 76.1 Å². The van der Waals surface area contributed by atoms with Crippen LogP contribution in [-0.2, 0) is 7.05 Å². The van der Waals surface area contributed by atoms with Gasteiger partial charge in [-0.15, -0.1) is 0 Å². The van der Waals surface area contributed by atoms with Crippen LogP contribution in [0.4, 0.5) is 0 Å². The maximum atomic E-state index is 13.1. The van der Waals surface area contributed by atoms with Crippen LogP contribution in [0, 0.1) is 6.92 Å². The molecule has 0 aliphatic carbocycles. The zero-order valence-corrected chi connectivity index (χ0v) is 13.6. The molecule has 0 aliphatic rings. The summed E-state index contributed by atoms with van der Waals surface area (Å²) in [6.45, 7) is 1.95. The van der Waals surface area contributed by atoms with Crippen molar-refractivity contribution in [2.75, 3.05) is 0 Å². The number of aromatic nitrogens is 1. The molecule has 0 radical (unpaired) electrons. The highest BCUT2D eigenvalue weighted by Gasteiger charge is 2.16. The lowest BCUT2D eigenvalue weighted by atomic mass is 10.0. The second-order valence-corrected chi connectivity index (χ2v) is 5.92. The van der Waals surface area contributed by atoms with Crippen molar-refractivity contribution in [1.29, 1.82) is 0 Å². The molecular weight excluding hydrogens is 298 g/mol. The predicted molar refractivity (Wildman–Crippen MR) is 97.1 cm³/mol. The number of benzene rings is 2. The molecule has 2 aromatic carbocycles. The van der Waals surface area contributed by atoms with Crippen LogP contribution >= 0.6 is 0 Å². The number of hydrogen-bond acceptors (Lipinski definition) is 2. The van der Waals surface area contributed by atoms with Crippen molar-refractivity contribution in [2.24, 2.45) is 7.05 Å². The van der Waals surface area contributed by atoms with Crippen molar-refractivity contribution in [2.45, 2.75) is 6.92 Å². The van der Waals surface area contributed by atoms with Crippen LogP contribution in [0.5, 0.6) is 0 Å². The van der Waals surface area contributed by atoms with Gasteiger partial charge >= 0.3 is 0 Å². The van der Waals surface area contributed by atoms with E-state index in [2.05, 4.69) is 6.07 Å². The normalized spacial score (nSPS) is 11.1. The molecule has 0 atom stereocenters. The molecule has 4 aromatic rings. The van der Waals surface area contributed by atoms with E-state index >= 15 is 0 Å². The van der Waals surface area contributed by atoms with Crippen LogP contribution in [0.1, 0.15) is 5.69 Å². The van der Waals surface area contributed by atoms with E-state index in [1.54, 1.807) is 12.3 Å². The van der Waals surface area contributed by atoms with E-state index < -0.39 is 0 Å². The van der Waals surface area contributed by atoms with Gasteiger partial charge < -0.3 is 8.98 Å². The van der Waals surface area contributed by atoms with Crippen LogP contribution in [-0.4, -0.2) is 4.57 Å². The molecule has 3 heteroatoms. The molecule has 4 rings (SSSR count). The summed E-state index contributed by atoms with van der Waals surface area (Å²) >= 11 is 0. The second-order valence-electron chi connectivity index (χ2n) is 5.92. The third-order valence-corrected chi connectivity index (χ3v) is 4.57. The molecule has 0 spiro atoms. The molecule has 0 saturated heterocycles. The lowest BCUT2D eigenvalue weighted by Crippen LogP contribution is -2.14. The fourth-order valence-electron chi connectivity index (χ4n) is 3.18. The molecule has 0 saturated carbocycles. The van der Waals surface area contributed by atoms with Crippen molar-refractivity contribution >= 4 is 10.9 Å². The van der Waals surface area contributed by atoms with E-state index in [1.165, 1.54) is 0 Å². The second kappa shape index (κ2) is 5.53. The SMILES string of the molecule is Cc1c(-c2ccco2)c(=O)c2cc(-c3ccccc3)ccc2n1C. The molecule has 2 heterocycles.